The second kappa shape index (κ2) is 7.28. The third-order valence-electron chi connectivity index (χ3n) is 4.12. The molecule has 0 atom stereocenters. The zero-order chi connectivity index (χ0) is 18.8. The van der Waals surface area contributed by atoms with E-state index < -0.39 is 0 Å². The molecule has 0 radical (unpaired) electrons. The lowest BCUT2D eigenvalue weighted by Gasteiger charge is -1.99. The summed E-state index contributed by atoms with van der Waals surface area (Å²) in [6, 6.07) is 11.9. The second-order valence-corrected chi connectivity index (χ2v) is 7.14. The van der Waals surface area contributed by atoms with Gasteiger partial charge in [0.15, 0.2) is 16.8 Å². The van der Waals surface area contributed by atoms with E-state index in [2.05, 4.69) is 15.3 Å². The van der Waals surface area contributed by atoms with Crippen molar-refractivity contribution in [2.24, 2.45) is 0 Å². The number of anilines is 1. The average Bonchev–Trinajstić information content (AvgIpc) is 3.28. The largest absolute Gasteiger partial charge is 0.441 e. The molecule has 0 aliphatic heterocycles. The molecule has 4 aromatic rings. The highest BCUT2D eigenvalue weighted by Crippen LogP contribution is 2.28. The highest BCUT2D eigenvalue weighted by Gasteiger charge is 2.12. The molecule has 0 aliphatic carbocycles. The Balaban J connectivity index is 1.37. The lowest BCUT2D eigenvalue weighted by molar-refractivity contribution is -0.116. The van der Waals surface area contributed by atoms with Crippen molar-refractivity contribution in [1.29, 1.82) is 0 Å². The van der Waals surface area contributed by atoms with Crippen LogP contribution in [0.15, 0.2) is 53.1 Å². The van der Waals surface area contributed by atoms with Gasteiger partial charge in [0, 0.05) is 18.4 Å². The molecule has 27 heavy (non-hydrogen) atoms. The highest BCUT2D eigenvalue weighted by atomic mass is 32.1. The number of nitrogens with zero attached hydrogens (tertiary/aromatic N) is 2. The number of hydrogen-bond acceptors (Lipinski definition) is 5. The monoisotopic (exact) mass is 381 g/mol. The lowest BCUT2D eigenvalue weighted by atomic mass is 10.2. The maximum Gasteiger partial charge on any atom is 0.226 e. The average molecular weight is 381 g/mol. The fourth-order valence-electron chi connectivity index (χ4n) is 2.72. The summed E-state index contributed by atoms with van der Waals surface area (Å²) in [7, 11) is 0. The van der Waals surface area contributed by atoms with Crippen LogP contribution in [0.5, 0.6) is 0 Å². The molecule has 2 heterocycles. The van der Waals surface area contributed by atoms with Crippen molar-refractivity contribution in [3.63, 3.8) is 0 Å². The Morgan fingerprint density at radius 3 is 2.81 bits per heavy atom. The minimum atomic E-state index is -0.305. The predicted molar refractivity (Wildman–Crippen MR) is 103 cm³/mol. The second-order valence-electron chi connectivity index (χ2n) is 6.11. The quantitative estimate of drug-likeness (QED) is 0.530. The molecule has 0 unspecified atom stereocenters. The Labute approximate surface area is 158 Å². The lowest BCUT2D eigenvalue weighted by Crippen LogP contribution is -2.12. The summed E-state index contributed by atoms with van der Waals surface area (Å²) in [6.45, 7) is 1.99. The van der Waals surface area contributed by atoms with Crippen molar-refractivity contribution in [3.05, 3.63) is 65.9 Å². The van der Waals surface area contributed by atoms with Gasteiger partial charge in [-0.25, -0.2) is 14.4 Å². The molecular weight excluding hydrogens is 365 g/mol. The van der Waals surface area contributed by atoms with Gasteiger partial charge in [0.1, 0.15) is 5.82 Å². The van der Waals surface area contributed by atoms with Crippen molar-refractivity contribution in [2.75, 3.05) is 5.32 Å². The summed E-state index contributed by atoms with van der Waals surface area (Å²) in [5.74, 6) is 0.560. The van der Waals surface area contributed by atoms with E-state index in [1.54, 1.807) is 18.3 Å². The van der Waals surface area contributed by atoms with Gasteiger partial charge < -0.3 is 9.73 Å². The predicted octanol–water partition coefficient (Wildman–Crippen LogP) is 4.97. The summed E-state index contributed by atoms with van der Waals surface area (Å²) in [5.41, 5.74) is 2.73. The molecule has 5 nitrogen and oxygen atoms in total. The molecular formula is C20H16FN3O2S. The van der Waals surface area contributed by atoms with E-state index in [1.807, 2.05) is 25.1 Å². The van der Waals surface area contributed by atoms with Gasteiger partial charge in [-0.05, 0) is 42.8 Å². The van der Waals surface area contributed by atoms with Gasteiger partial charge in [0.25, 0.3) is 0 Å². The van der Waals surface area contributed by atoms with Gasteiger partial charge >= 0.3 is 0 Å². The van der Waals surface area contributed by atoms with E-state index >= 15 is 0 Å². The molecule has 0 spiro atoms. The van der Waals surface area contributed by atoms with E-state index in [4.69, 9.17) is 4.42 Å². The minimum absolute atomic E-state index is 0.145. The van der Waals surface area contributed by atoms with E-state index in [1.165, 1.54) is 23.5 Å². The summed E-state index contributed by atoms with van der Waals surface area (Å²) < 4.78 is 19.7. The first-order chi connectivity index (χ1) is 13.1. The zero-order valence-electron chi connectivity index (χ0n) is 14.5. The first-order valence-electron chi connectivity index (χ1n) is 8.45. The molecule has 136 valence electrons. The van der Waals surface area contributed by atoms with Crippen molar-refractivity contribution < 1.29 is 13.6 Å². The normalized spacial score (nSPS) is 11.0. The van der Waals surface area contributed by atoms with Gasteiger partial charge in [-0.3, -0.25) is 4.79 Å². The number of carbonyl (C=O) groups excluding carboxylic acids is 1. The number of oxazole rings is 1. The Bertz CT molecular complexity index is 1100. The van der Waals surface area contributed by atoms with Gasteiger partial charge in [-0.1, -0.05) is 23.5 Å². The maximum atomic E-state index is 13.0. The molecule has 1 amide bonds. The molecule has 0 bridgehead atoms. The minimum Gasteiger partial charge on any atom is -0.441 e. The van der Waals surface area contributed by atoms with Crippen LogP contribution in [0.4, 0.5) is 9.52 Å². The topological polar surface area (TPSA) is 68.0 Å². The number of para-hydroxylation sites is 1. The van der Waals surface area contributed by atoms with Crippen molar-refractivity contribution >= 4 is 32.6 Å². The molecule has 2 aromatic carbocycles. The molecule has 0 fully saturated rings. The first-order valence-corrected chi connectivity index (χ1v) is 9.27. The number of thiazole rings is 1. The standard InChI is InChI=1S/C20H16FN3O2S/c1-12-3-2-4-16-19(12)24-20(27-16)23-17(25)9-10-18-22-11-15(26-18)13-5-7-14(21)8-6-13/h2-8,11H,9-10H2,1H3,(H,23,24,25). The molecule has 0 saturated carbocycles. The molecule has 7 heteroatoms. The van der Waals surface area contributed by atoms with Crippen molar-refractivity contribution in [2.45, 2.75) is 19.8 Å². The Morgan fingerprint density at radius 2 is 2.04 bits per heavy atom. The molecule has 0 aliphatic rings. The first kappa shape index (κ1) is 17.4. The van der Waals surface area contributed by atoms with Crippen LogP contribution in [-0.2, 0) is 11.2 Å². The van der Waals surface area contributed by atoms with Crippen LogP contribution in [0.1, 0.15) is 17.9 Å². The number of aromatic nitrogens is 2. The number of carbonyl (C=O) groups is 1. The van der Waals surface area contributed by atoms with Crippen LogP contribution in [-0.4, -0.2) is 15.9 Å². The summed E-state index contributed by atoms with van der Waals surface area (Å²) in [4.78, 5) is 20.9. The van der Waals surface area contributed by atoms with E-state index in [0.29, 0.717) is 23.2 Å². The number of aryl methyl sites for hydroxylation is 2. The van der Waals surface area contributed by atoms with Crippen LogP contribution in [0, 0.1) is 12.7 Å². The third-order valence-corrected chi connectivity index (χ3v) is 5.05. The van der Waals surface area contributed by atoms with E-state index in [-0.39, 0.29) is 18.1 Å². The third kappa shape index (κ3) is 3.88. The number of fused-ring (bicyclic) bond motifs is 1. The highest BCUT2D eigenvalue weighted by molar-refractivity contribution is 7.22. The van der Waals surface area contributed by atoms with Crippen LogP contribution < -0.4 is 5.32 Å². The van der Waals surface area contributed by atoms with E-state index in [9.17, 15) is 9.18 Å². The van der Waals surface area contributed by atoms with Gasteiger partial charge in [0.2, 0.25) is 5.91 Å². The SMILES string of the molecule is Cc1cccc2sc(NC(=O)CCc3ncc(-c4ccc(F)cc4)o3)nc12. The van der Waals surface area contributed by atoms with Crippen molar-refractivity contribution in [1.82, 2.24) is 9.97 Å². The van der Waals surface area contributed by atoms with Crippen LogP contribution in [0.2, 0.25) is 0 Å². The Kier molecular flexibility index (Phi) is 4.68. The number of nitrogens with one attached hydrogen (secondary N) is 1. The zero-order valence-corrected chi connectivity index (χ0v) is 15.3. The summed E-state index contributed by atoms with van der Waals surface area (Å²) in [5, 5.41) is 3.42. The van der Waals surface area contributed by atoms with Gasteiger partial charge in [-0.15, -0.1) is 0 Å². The van der Waals surface area contributed by atoms with Crippen molar-refractivity contribution in [3.8, 4) is 11.3 Å². The van der Waals surface area contributed by atoms with Crippen LogP contribution in [0.25, 0.3) is 21.5 Å². The molecule has 4 rings (SSSR count). The Morgan fingerprint density at radius 1 is 1.22 bits per heavy atom. The number of halogens is 1. The number of hydrogen-bond donors (Lipinski definition) is 1. The summed E-state index contributed by atoms with van der Waals surface area (Å²) >= 11 is 1.45. The van der Waals surface area contributed by atoms with Gasteiger partial charge in [-0.2, -0.15) is 0 Å². The fourth-order valence-corrected chi connectivity index (χ4v) is 3.68. The maximum absolute atomic E-state index is 13.0. The number of amides is 1. The molecule has 2 aromatic heterocycles. The van der Waals surface area contributed by atoms with Crippen LogP contribution >= 0.6 is 11.3 Å². The molecule has 1 N–H and O–H groups in total. The Hall–Kier alpha value is -3.06. The smallest absolute Gasteiger partial charge is 0.226 e. The fraction of sp³-hybridized carbons (Fsp3) is 0.150. The summed E-state index contributed by atoms with van der Waals surface area (Å²) in [6.07, 6.45) is 2.19. The molecule has 0 saturated heterocycles. The van der Waals surface area contributed by atoms with Gasteiger partial charge in [0.05, 0.1) is 16.4 Å². The number of rotatable bonds is 5. The van der Waals surface area contributed by atoms with E-state index in [0.717, 1.165) is 21.3 Å². The van der Waals surface area contributed by atoms with Crippen LogP contribution in [0.3, 0.4) is 0 Å². The number of benzene rings is 2.